The summed E-state index contributed by atoms with van der Waals surface area (Å²) in [6.07, 6.45) is 6.99. The van der Waals surface area contributed by atoms with Crippen LogP contribution < -0.4 is 5.30 Å². The van der Waals surface area contributed by atoms with Crippen molar-refractivity contribution in [3.8, 4) is 0 Å². The molecule has 3 rings (SSSR count). The molecule has 0 N–H and O–H groups in total. The summed E-state index contributed by atoms with van der Waals surface area (Å²) in [4.78, 5) is 0. The van der Waals surface area contributed by atoms with Crippen LogP contribution in [0.25, 0.3) is 0 Å². The average molecular weight is 413 g/mol. The van der Waals surface area contributed by atoms with Gasteiger partial charge in [0.05, 0.1) is 0 Å². The molecule has 2 heteroatoms. The molecule has 0 fully saturated rings. The molecule has 1 aliphatic carbocycles. The minimum atomic E-state index is 0. The summed E-state index contributed by atoms with van der Waals surface area (Å²) in [7, 11) is 0.918. The summed E-state index contributed by atoms with van der Waals surface area (Å²) < 4.78 is 0. The van der Waals surface area contributed by atoms with E-state index in [2.05, 4.69) is 55.5 Å². The third-order valence-electron chi connectivity index (χ3n) is 3.38. The van der Waals surface area contributed by atoms with Crippen molar-refractivity contribution in [2.45, 2.75) is 18.5 Å². The number of allylic oxidation sites excluding steroid dienone is 2. The van der Waals surface area contributed by atoms with Crippen molar-refractivity contribution in [3.05, 3.63) is 101 Å². The molecule has 129 valence electrons. The maximum Gasteiger partial charge on any atom is 0 e. The van der Waals surface area contributed by atoms with Gasteiger partial charge in [-0.15, -0.1) is 0 Å². The Kier molecular flexibility index (Phi) is 15.8. The van der Waals surface area contributed by atoms with Crippen LogP contribution in [0, 0.1) is 33.8 Å². The largest absolute Gasteiger partial charge is 0.358 e. The molecule has 0 saturated carbocycles. The van der Waals surface area contributed by atoms with Crippen molar-refractivity contribution in [1.82, 2.24) is 0 Å². The SMILES string of the molecule is [CH2-]CC1CC=CC1Pc1ccccc1.[CH3-].[CH3-].[Rh].[c-]1ccccc1. The quantitative estimate of drug-likeness (QED) is 0.268. The Labute approximate surface area is 158 Å². The molecule has 0 aliphatic heterocycles. The molecule has 3 atom stereocenters. The van der Waals surface area contributed by atoms with Gasteiger partial charge in [-0.2, -0.15) is 42.8 Å². The summed E-state index contributed by atoms with van der Waals surface area (Å²) >= 11 is 0. The number of hydrogen-bond acceptors (Lipinski definition) is 0. The minimum absolute atomic E-state index is 0. The summed E-state index contributed by atoms with van der Waals surface area (Å²) in [5, 5.41) is 1.47. The van der Waals surface area contributed by atoms with Crippen molar-refractivity contribution < 1.29 is 19.5 Å². The van der Waals surface area contributed by atoms with Crippen LogP contribution in [0.2, 0.25) is 0 Å². The van der Waals surface area contributed by atoms with Crippen LogP contribution in [-0.2, 0) is 19.5 Å². The van der Waals surface area contributed by atoms with Crippen LogP contribution in [0.5, 0.6) is 0 Å². The molecule has 0 amide bonds. The van der Waals surface area contributed by atoms with E-state index in [4.69, 9.17) is 0 Å². The van der Waals surface area contributed by atoms with E-state index >= 15 is 0 Å². The third-order valence-corrected chi connectivity index (χ3v) is 5.04. The molecular formula is C21H27PRh-4. The average Bonchev–Trinajstić information content (AvgIpc) is 2.98. The van der Waals surface area contributed by atoms with Gasteiger partial charge in [-0.3, -0.25) is 0 Å². The predicted molar refractivity (Wildman–Crippen MR) is 104 cm³/mol. The monoisotopic (exact) mass is 413 g/mol. The number of benzene rings is 2. The summed E-state index contributed by atoms with van der Waals surface area (Å²) in [6, 6.07) is 23.3. The van der Waals surface area contributed by atoms with Crippen LogP contribution in [0.4, 0.5) is 0 Å². The molecule has 0 aromatic heterocycles. The van der Waals surface area contributed by atoms with Gasteiger partial charge in [0.1, 0.15) is 0 Å². The second-order valence-corrected chi connectivity index (χ2v) is 6.36. The summed E-state index contributed by atoms with van der Waals surface area (Å²) in [5.41, 5.74) is 0.745. The normalized spacial score (nSPS) is 18.1. The standard InChI is InChI=1S/C13H16P.C6H5.2CH3.Rh/c1-2-11-7-6-10-13(11)14-12-8-4-3-5-9-12;1-2-4-6-5-3-1;;;/h3-6,8-11,13-14H,1-2,7H2;1-5H;2*1H3;/q4*-1;. The maximum atomic E-state index is 4.02. The van der Waals surface area contributed by atoms with Crippen LogP contribution in [0.3, 0.4) is 0 Å². The van der Waals surface area contributed by atoms with E-state index in [-0.39, 0.29) is 34.3 Å². The van der Waals surface area contributed by atoms with Gasteiger partial charge in [-0.25, -0.2) is 0 Å². The second kappa shape index (κ2) is 14.8. The predicted octanol–water partition coefficient (Wildman–Crippen LogP) is 5.54. The molecule has 23 heavy (non-hydrogen) atoms. The Hall–Kier alpha value is -0.767. The Balaban J connectivity index is 0. The van der Waals surface area contributed by atoms with Crippen molar-refractivity contribution in [3.63, 3.8) is 0 Å². The third kappa shape index (κ3) is 9.19. The zero-order valence-corrected chi connectivity index (χ0v) is 16.7. The topological polar surface area (TPSA) is 0 Å². The maximum absolute atomic E-state index is 4.02. The Morgan fingerprint density at radius 3 is 2.09 bits per heavy atom. The van der Waals surface area contributed by atoms with Crippen LogP contribution in [0.15, 0.2) is 72.8 Å². The molecule has 0 bridgehead atoms. The van der Waals surface area contributed by atoms with Crippen molar-refractivity contribution in [2.24, 2.45) is 5.92 Å². The van der Waals surface area contributed by atoms with Gasteiger partial charge in [-0.1, -0.05) is 57.0 Å². The fraction of sp³-hybridized carbons (Fsp3) is 0.190. The molecule has 2 aromatic rings. The molecule has 1 radical (unpaired) electrons. The van der Waals surface area contributed by atoms with Crippen molar-refractivity contribution >= 4 is 13.9 Å². The molecule has 0 heterocycles. The van der Waals surface area contributed by atoms with E-state index in [0.29, 0.717) is 0 Å². The first-order valence-electron chi connectivity index (χ1n) is 7.08. The van der Waals surface area contributed by atoms with E-state index in [9.17, 15) is 0 Å². The van der Waals surface area contributed by atoms with Gasteiger partial charge in [-0.05, 0) is 17.4 Å². The molecule has 0 nitrogen and oxygen atoms in total. The Morgan fingerprint density at radius 1 is 1.00 bits per heavy atom. The number of rotatable bonds is 3. The van der Waals surface area contributed by atoms with E-state index in [1.54, 1.807) is 0 Å². The second-order valence-electron chi connectivity index (χ2n) is 4.83. The van der Waals surface area contributed by atoms with Gasteiger partial charge in [0.2, 0.25) is 0 Å². The zero-order valence-electron chi connectivity index (χ0n) is 14.0. The first-order valence-corrected chi connectivity index (χ1v) is 8.16. The molecule has 1 aliphatic rings. The zero-order chi connectivity index (χ0) is 14.0. The Bertz CT molecular complexity index is 469. The van der Waals surface area contributed by atoms with Crippen LogP contribution >= 0.6 is 8.58 Å². The van der Waals surface area contributed by atoms with Gasteiger partial charge < -0.3 is 21.8 Å². The van der Waals surface area contributed by atoms with Gasteiger partial charge in [0.15, 0.2) is 0 Å². The summed E-state index contributed by atoms with van der Waals surface area (Å²) in [6.45, 7) is 4.02. The van der Waals surface area contributed by atoms with E-state index < -0.39 is 0 Å². The van der Waals surface area contributed by atoms with Gasteiger partial charge >= 0.3 is 0 Å². The van der Waals surface area contributed by atoms with E-state index in [1.165, 1.54) is 11.7 Å². The van der Waals surface area contributed by atoms with E-state index in [1.807, 2.05) is 30.3 Å². The van der Waals surface area contributed by atoms with Crippen LogP contribution in [-0.4, -0.2) is 5.66 Å². The van der Waals surface area contributed by atoms with Crippen molar-refractivity contribution in [1.29, 1.82) is 0 Å². The van der Waals surface area contributed by atoms with Crippen LogP contribution in [0.1, 0.15) is 12.8 Å². The molecule has 3 unspecified atom stereocenters. The molecular weight excluding hydrogens is 386 g/mol. The molecule has 0 saturated heterocycles. The smallest absolute Gasteiger partial charge is 0 e. The first kappa shape index (κ1) is 24.5. The van der Waals surface area contributed by atoms with Crippen molar-refractivity contribution in [2.75, 3.05) is 0 Å². The Morgan fingerprint density at radius 2 is 1.61 bits per heavy atom. The fourth-order valence-electron chi connectivity index (χ4n) is 2.24. The fourth-order valence-corrected chi connectivity index (χ4v) is 3.78. The molecule has 0 spiro atoms. The molecule has 2 aromatic carbocycles. The minimum Gasteiger partial charge on any atom is -0.358 e. The number of hydrogen-bond donors (Lipinski definition) is 0. The van der Waals surface area contributed by atoms with E-state index in [0.717, 1.165) is 26.6 Å². The van der Waals surface area contributed by atoms with Gasteiger partial charge in [0.25, 0.3) is 0 Å². The first-order chi connectivity index (χ1) is 9.90. The van der Waals surface area contributed by atoms with Gasteiger partial charge in [0, 0.05) is 19.5 Å². The summed E-state index contributed by atoms with van der Waals surface area (Å²) in [5.74, 6) is 0.786.